The summed E-state index contributed by atoms with van der Waals surface area (Å²) >= 11 is 1.51. The summed E-state index contributed by atoms with van der Waals surface area (Å²) in [5.41, 5.74) is 1.16. The molecule has 1 rings (SSSR count). The van der Waals surface area contributed by atoms with Gasteiger partial charge in [-0.25, -0.2) is 0 Å². The van der Waals surface area contributed by atoms with E-state index in [0.29, 0.717) is 13.0 Å². The maximum atomic E-state index is 11.7. The van der Waals surface area contributed by atoms with Crippen molar-refractivity contribution in [3.05, 3.63) is 21.4 Å². The Morgan fingerprint density at radius 3 is 2.75 bits per heavy atom. The van der Waals surface area contributed by atoms with Crippen LogP contribution in [-0.4, -0.2) is 23.7 Å². The molecule has 0 saturated carbocycles. The van der Waals surface area contributed by atoms with Crippen molar-refractivity contribution in [3.8, 4) is 0 Å². The van der Waals surface area contributed by atoms with Gasteiger partial charge < -0.3 is 10.4 Å². The number of thiophene rings is 1. The lowest BCUT2D eigenvalue weighted by atomic mass is 10.2. The van der Waals surface area contributed by atoms with Gasteiger partial charge in [0.1, 0.15) is 0 Å². The summed E-state index contributed by atoms with van der Waals surface area (Å²) in [7, 11) is 0. The maximum Gasteiger partial charge on any atom is 0.261 e. The van der Waals surface area contributed by atoms with Crippen LogP contribution >= 0.6 is 11.3 Å². The molecule has 4 heteroatoms. The Morgan fingerprint density at radius 2 is 2.25 bits per heavy atom. The predicted molar refractivity (Wildman–Crippen MR) is 67.0 cm³/mol. The minimum Gasteiger partial charge on any atom is -0.393 e. The molecule has 1 amide bonds. The summed E-state index contributed by atoms with van der Waals surface area (Å²) in [5.74, 6) is -0.0375. The first-order valence-corrected chi connectivity index (χ1v) is 6.39. The Balaban J connectivity index is 2.41. The van der Waals surface area contributed by atoms with E-state index in [2.05, 4.69) is 5.32 Å². The number of aliphatic hydroxyl groups excluding tert-OH is 1. The van der Waals surface area contributed by atoms with Gasteiger partial charge in [0.15, 0.2) is 0 Å². The van der Waals surface area contributed by atoms with E-state index in [9.17, 15) is 9.90 Å². The molecule has 0 aliphatic heterocycles. The van der Waals surface area contributed by atoms with Gasteiger partial charge in [0, 0.05) is 11.4 Å². The Hall–Kier alpha value is -0.870. The van der Waals surface area contributed by atoms with Gasteiger partial charge in [0.25, 0.3) is 5.91 Å². The van der Waals surface area contributed by atoms with E-state index in [1.165, 1.54) is 16.2 Å². The van der Waals surface area contributed by atoms with Crippen LogP contribution in [0.15, 0.2) is 6.07 Å². The zero-order valence-electron chi connectivity index (χ0n) is 10.0. The molecule has 16 heavy (non-hydrogen) atoms. The van der Waals surface area contributed by atoms with E-state index in [1.807, 2.05) is 26.8 Å². The first-order chi connectivity index (χ1) is 7.54. The zero-order chi connectivity index (χ0) is 12.1. The fraction of sp³-hybridized carbons (Fsp3) is 0.583. The lowest BCUT2D eigenvalue weighted by molar-refractivity contribution is 0.0946. The van der Waals surface area contributed by atoms with Gasteiger partial charge in [-0.15, -0.1) is 11.3 Å². The summed E-state index contributed by atoms with van der Waals surface area (Å²) < 4.78 is 0. The molecule has 1 aromatic rings. The fourth-order valence-corrected chi connectivity index (χ4v) is 2.28. The van der Waals surface area contributed by atoms with Gasteiger partial charge in [-0.05, 0) is 38.3 Å². The normalized spacial score (nSPS) is 12.5. The van der Waals surface area contributed by atoms with E-state index in [4.69, 9.17) is 0 Å². The standard InChI is InChI=1S/C12H19NO2S/c1-4-10(14)5-6-13-12(15)11-7-8(2)9(3)16-11/h7,10,14H,4-6H2,1-3H3,(H,13,15). The highest BCUT2D eigenvalue weighted by atomic mass is 32.1. The average molecular weight is 241 g/mol. The molecule has 0 aromatic carbocycles. The Bertz CT molecular complexity index is 340. The van der Waals surface area contributed by atoms with E-state index in [0.717, 1.165) is 16.9 Å². The summed E-state index contributed by atoms with van der Waals surface area (Å²) in [6.07, 6.45) is 1.03. The molecular weight excluding hydrogens is 222 g/mol. The molecule has 0 aliphatic carbocycles. The van der Waals surface area contributed by atoms with E-state index >= 15 is 0 Å². The van der Waals surface area contributed by atoms with Crippen molar-refractivity contribution in [3.63, 3.8) is 0 Å². The smallest absolute Gasteiger partial charge is 0.261 e. The molecular formula is C12H19NO2S. The molecule has 2 N–H and O–H groups in total. The van der Waals surface area contributed by atoms with Gasteiger partial charge in [0.2, 0.25) is 0 Å². The molecule has 1 atom stereocenters. The number of aryl methyl sites for hydroxylation is 2. The molecule has 0 saturated heterocycles. The number of carbonyl (C=O) groups is 1. The van der Waals surface area contributed by atoms with Crippen LogP contribution < -0.4 is 5.32 Å². The van der Waals surface area contributed by atoms with Crippen LogP contribution in [0.4, 0.5) is 0 Å². The van der Waals surface area contributed by atoms with E-state index in [1.54, 1.807) is 0 Å². The summed E-state index contributed by atoms with van der Waals surface area (Å²) in [5, 5.41) is 12.2. The minimum absolute atomic E-state index is 0.0375. The summed E-state index contributed by atoms with van der Waals surface area (Å²) in [4.78, 5) is 13.6. The number of nitrogens with one attached hydrogen (secondary N) is 1. The van der Waals surface area contributed by atoms with Crippen LogP contribution in [0, 0.1) is 13.8 Å². The highest BCUT2D eigenvalue weighted by Crippen LogP contribution is 2.20. The Labute approximate surface area is 100 Å². The SMILES string of the molecule is CCC(O)CCNC(=O)c1cc(C)c(C)s1. The van der Waals surface area contributed by atoms with Crippen LogP contribution in [0.25, 0.3) is 0 Å². The van der Waals surface area contributed by atoms with Gasteiger partial charge in [0.05, 0.1) is 11.0 Å². The summed E-state index contributed by atoms with van der Waals surface area (Å²) in [6, 6.07) is 1.91. The van der Waals surface area contributed by atoms with Crippen molar-refractivity contribution in [2.24, 2.45) is 0 Å². The van der Waals surface area contributed by atoms with Gasteiger partial charge in [-0.2, -0.15) is 0 Å². The second-order valence-electron chi connectivity index (χ2n) is 3.96. The molecule has 90 valence electrons. The third kappa shape index (κ3) is 3.61. The topological polar surface area (TPSA) is 49.3 Å². The highest BCUT2D eigenvalue weighted by Gasteiger charge is 2.10. The zero-order valence-corrected chi connectivity index (χ0v) is 10.9. The van der Waals surface area contributed by atoms with Gasteiger partial charge >= 0.3 is 0 Å². The van der Waals surface area contributed by atoms with Crippen molar-refractivity contribution in [1.29, 1.82) is 0 Å². The second-order valence-corrected chi connectivity index (χ2v) is 5.21. The Kier molecular flexibility index (Phi) is 4.96. The number of hydrogen-bond acceptors (Lipinski definition) is 3. The molecule has 0 radical (unpaired) electrons. The van der Waals surface area contributed by atoms with Crippen molar-refractivity contribution < 1.29 is 9.90 Å². The van der Waals surface area contributed by atoms with Crippen LogP contribution in [-0.2, 0) is 0 Å². The highest BCUT2D eigenvalue weighted by molar-refractivity contribution is 7.14. The van der Waals surface area contributed by atoms with Crippen molar-refractivity contribution in [1.82, 2.24) is 5.32 Å². The monoisotopic (exact) mass is 241 g/mol. The van der Waals surface area contributed by atoms with E-state index < -0.39 is 0 Å². The first-order valence-electron chi connectivity index (χ1n) is 5.58. The molecule has 1 aromatic heterocycles. The van der Waals surface area contributed by atoms with Gasteiger partial charge in [-0.1, -0.05) is 6.92 Å². The molecule has 3 nitrogen and oxygen atoms in total. The van der Waals surface area contributed by atoms with Crippen molar-refractivity contribution in [2.45, 2.75) is 39.7 Å². The lowest BCUT2D eigenvalue weighted by Crippen LogP contribution is -2.26. The maximum absolute atomic E-state index is 11.7. The van der Waals surface area contributed by atoms with Gasteiger partial charge in [-0.3, -0.25) is 4.79 Å². The lowest BCUT2D eigenvalue weighted by Gasteiger charge is -2.07. The first kappa shape index (κ1) is 13.2. The second kappa shape index (κ2) is 6.01. The number of rotatable bonds is 5. The number of carbonyl (C=O) groups excluding carboxylic acids is 1. The third-order valence-corrected chi connectivity index (χ3v) is 3.78. The number of amides is 1. The summed E-state index contributed by atoms with van der Waals surface area (Å²) in [6.45, 7) is 6.48. The molecule has 0 spiro atoms. The Morgan fingerprint density at radius 1 is 1.56 bits per heavy atom. The molecule has 0 aliphatic rings. The average Bonchev–Trinajstić information content (AvgIpc) is 2.59. The van der Waals surface area contributed by atoms with Crippen molar-refractivity contribution in [2.75, 3.05) is 6.54 Å². The van der Waals surface area contributed by atoms with E-state index in [-0.39, 0.29) is 12.0 Å². The van der Waals surface area contributed by atoms with Crippen LogP contribution in [0.1, 0.15) is 39.9 Å². The van der Waals surface area contributed by atoms with Crippen LogP contribution in [0.3, 0.4) is 0 Å². The molecule has 1 heterocycles. The molecule has 0 fully saturated rings. The van der Waals surface area contributed by atoms with Crippen LogP contribution in [0.5, 0.6) is 0 Å². The molecule has 0 bridgehead atoms. The predicted octanol–water partition coefficient (Wildman–Crippen LogP) is 2.26. The largest absolute Gasteiger partial charge is 0.393 e. The molecule has 1 unspecified atom stereocenters. The minimum atomic E-state index is -0.313. The fourth-order valence-electron chi connectivity index (χ4n) is 1.33. The van der Waals surface area contributed by atoms with Crippen LogP contribution in [0.2, 0.25) is 0 Å². The number of aliphatic hydroxyl groups is 1. The third-order valence-electron chi connectivity index (χ3n) is 2.62. The quantitative estimate of drug-likeness (QED) is 0.830. The number of hydrogen-bond donors (Lipinski definition) is 2. The van der Waals surface area contributed by atoms with Crippen molar-refractivity contribution >= 4 is 17.2 Å².